The number of nitrogens with zero attached hydrogens (tertiary/aromatic N) is 1. The van der Waals surface area contributed by atoms with Gasteiger partial charge < -0.3 is 4.74 Å². The van der Waals surface area contributed by atoms with E-state index in [1.807, 2.05) is 6.07 Å². The Balaban J connectivity index is 1.59. The lowest BCUT2D eigenvalue weighted by molar-refractivity contribution is -0.141. The molecule has 4 heteroatoms. The van der Waals surface area contributed by atoms with Gasteiger partial charge in [-0.05, 0) is 72.4 Å². The number of allylic oxidation sites excluding steroid dienone is 2. The average molecular weight is 325 g/mol. The van der Waals surface area contributed by atoms with Crippen LogP contribution in [0.2, 0.25) is 0 Å². The van der Waals surface area contributed by atoms with Crippen LogP contribution in [0.1, 0.15) is 31.2 Å². The monoisotopic (exact) mass is 325 g/mol. The molecule has 1 aromatic heterocycles. The minimum atomic E-state index is -0.228. The predicted octanol–water partition coefficient (Wildman–Crippen LogP) is 4.37. The summed E-state index contributed by atoms with van der Waals surface area (Å²) in [5, 5.41) is 0.884. The Bertz CT molecular complexity index is 829. The number of pyridine rings is 1. The van der Waals surface area contributed by atoms with Crippen LogP contribution >= 0.6 is 0 Å². The molecule has 1 heterocycles. The maximum absolute atomic E-state index is 13.6. The van der Waals surface area contributed by atoms with E-state index in [1.165, 1.54) is 18.7 Å². The second-order valence-corrected chi connectivity index (χ2v) is 6.96. The smallest absolute Gasteiger partial charge is 0.305 e. The number of hydrogen-bond acceptors (Lipinski definition) is 3. The van der Waals surface area contributed by atoms with Crippen molar-refractivity contribution in [3.63, 3.8) is 0 Å². The lowest BCUT2D eigenvalue weighted by Crippen LogP contribution is -2.07. The van der Waals surface area contributed by atoms with Crippen LogP contribution in [0.4, 0.5) is 4.39 Å². The molecule has 0 radical (unpaired) electrons. The summed E-state index contributed by atoms with van der Waals surface area (Å²) in [6.45, 7) is 0. The quantitative estimate of drug-likeness (QED) is 0.787. The van der Waals surface area contributed by atoms with Crippen molar-refractivity contribution in [2.45, 2.75) is 25.7 Å². The number of carbonyl (C=O) groups excluding carboxylic acids is 1. The summed E-state index contributed by atoms with van der Waals surface area (Å²) in [6, 6.07) is 6.75. The second kappa shape index (κ2) is 6.00. The van der Waals surface area contributed by atoms with E-state index in [4.69, 9.17) is 4.74 Å². The number of halogens is 1. The third-order valence-electron chi connectivity index (χ3n) is 5.48. The third-order valence-corrected chi connectivity index (χ3v) is 5.48. The van der Waals surface area contributed by atoms with Crippen molar-refractivity contribution < 1.29 is 13.9 Å². The largest absolute Gasteiger partial charge is 0.469 e. The highest BCUT2D eigenvalue weighted by Gasteiger charge is 2.38. The molecule has 0 saturated heterocycles. The van der Waals surface area contributed by atoms with E-state index in [0.717, 1.165) is 35.7 Å². The Kier molecular flexibility index (Phi) is 3.83. The number of methoxy groups -OCH3 is 1. The molecule has 0 amide bonds. The van der Waals surface area contributed by atoms with Gasteiger partial charge in [-0.25, -0.2) is 4.39 Å². The van der Waals surface area contributed by atoms with Gasteiger partial charge in [0.2, 0.25) is 0 Å². The van der Waals surface area contributed by atoms with Gasteiger partial charge >= 0.3 is 5.97 Å². The van der Waals surface area contributed by atoms with Crippen LogP contribution in [0.15, 0.2) is 36.5 Å². The fraction of sp³-hybridized carbons (Fsp3) is 0.400. The minimum Gasteiger partial charge on any atom is -0.469 e. The molecule has 0 bridgehead atoms. The highest BCUT2D eigenvalue weighted by molar-refractivity contribution is 5.92. The van der Waals surface area contributed by atoms with Gasteiger partial charge in [-0.2, -0.15) is 0 Å². The molecule has 2 aliphatic rings. The maximum Gasteiger partial charge on any atom is 0.305 e. The topological polar surface area (TPSA) is 39.2 Å². The molecule has 1 aromatic carbocycles. The van der Waals surface area contributed by atoms with Crippen molar-refractivity contribution in [1.29, 1.82) is 0 Å². The molecule has 3 atom stereocenters. The van der Waals surface area contributed by atoms with Crippen LogP contribution in [-0.2, 0) is 9.53 Å². The average Bonchev–Trinajstić information content (AvgIpc) is 3.12. The summed E-state index contributed by atoms with van der Waals surface area (Å²) >= 11 is 0. The Morgan fingerprint density at radius 2 is 2.21 bits per heavy atom. The van der Waals surface area contributed by atoms with Gasteiger partial charge in [0.25, 0.3) is 0 Å². The Hall–Kier alpha value is -2.23. The highest BCUT2D eigenvalue weighted by Crippen LogP contribution is 2.49. The number of benzene rings is 1. The molecule has 2 aliphatic carbocycles. The van der Waals surface area contributed by atoms with Gasteiger partial charge in [-0.15, -0.1) is 0 Å². The number of esters is 1. The highest BCUT2D eigenvalue weighted by atomic mass is 19.1. The van der Waals surface area contributed by atoms with E-state index in [9.17, 15) is 9.18 Å². The molecular weight excluding hydrogens is 305 g/mol. The Labute approximate surface area is 140 Å². The number of hydrogen-bond donors (Lipinski definition) is 0. The van der Waals surface area contributed by atoms with Gasteiger partial charge in [0.15, 0.2) is 0 Å². The lowest BCUT2D eigenvalue weighted by Gasteiger charge is -2.12. The summed E-state index contributed by atoms with van der Waals surface area (Å²) < 4.78 is 18.4. The van der Waals surface area contributed by atoms with Crippen LogP contribution in [0.25, 0.3) is 16.5 Å². The summed E-state index contributed by atoms with van der Waals surface area (Å²) in [7, 11) is 1.45. The molecule has 4 rings (SSSR count). The molecule has 3 unspecified atom stereocenters. The van der Waals surface area contributed by atoms with E-state index in [2.05, 4.69) is 11.1 Å². The Morgan fingerprint density at radius 1 is 1.33 bits per heavy atom. The van der Waals surface area contributed by atoms with Gasteiger partial charge in [0.1, 0.15) is 5.82 Å². The molecular formula is C20H20FNO2. The molecule has 0 aliphatic heterocycles. The first-order valence-corrected chi connectivity index (χ1v) is 8.46. The van der Waals surface area contributed by atoms with Crippen molar-refractivity contribution in [3.8, 4) is 0 Å². The maximum atomic E-state index is 13.6. The minimum absolute atomic E-state index is 0.111. The van der Waals surface area contributed by atoms with Gasteiger partial charge in [-0.1, -0.05) is 6.08 Å². The van der Waals surface area contributed by atoms with Crippen molar-refractivity contribution in [1.82, 2.24) is 4.98 Å². The normalized spacial score (nSPS) is 25.6. The number of carbonyl (C=O) groups is 1. The first-order chi connectivity index (χ1) is 11.6. The van der Waals surface area contributed by atoms with Crippen LogP contribution in [0, 0.1) is 23.6 Å². The number of ether oxygens (including phenoxy) is 1. The SMILES string of the molecule is COC(=O)CC1CC2C=C(c3ccnc4ccc(F)cc34)CC2C1. The van der Waals surface area contributed by atoms with Crippen molar-refractivity contribution in [2.24, 2.45) is 17.8 Å². The second-order valence-electron chi connectivity index (χ2n) is 6.96. The molecule has 1 saturated carbocycles. The zero-order chi connectivity index (χ0) is 16.7. The molecule has 124 valence electrons. The van der Waals surface area contributed by atoms with E-state index < -0.39 is 0 Å². The molecule has 3 nitrogen and oxygen atoms in total. The standard InChI is InChI=1S/C20H20FNO2/c1-24-20(23)8-12-6-13-9-15(10-14(13)7-12)17-4-5-22-19-3-2-16(21)11-18(17)19/h2-5,9,11-14H,6-8,10H2,1H3. The van der Waals surface area contributed by atoms with Crippen LogP contribution in [-0.4, -0.2) is 18.1 Å². The zero-order valence-electron chi connectivity index (χ0n) is 13.7. The van der Waals surface area contributed by atoms with Crippen LogP contribution < -0.4 is 0 Å². The first kappa shape index (κ1) is 15.3. The Morgan fingerprint density at radius 3 is 3.00 bits per heavy atom. The first-order valence-electron chi connectivity index (χ1n) is 8.46. The fourth-order valence-electron chi connectivity index (χ4n) is 4.41. The van der Waals surface area contributed by atoms with E-state index in [1.54, 1.807) is 18.3 Å². The molecule has 2 aromatic rings. The fourth-order valence-corrected chi connectivity index (χ4v) is 4.41. The number of fused-ring (bicyclic) bond motifs is 2. The van der Waals surface area contributed by atoms with Gasteiger partial charge in [0, 0.05) is 18.0 Å². The predicted molar refractivity (Wildman–Crippen MR) is 90.6 cm³/mol. The van der Waals surface area contributed by atoms with Crippen molar-refractivity contribution in [3.05, 3.63) is 47.9 Å². The van der Waals surface area contributed by atoms with E-state index >= 15 is 0 Å². The molecule has 0 spiro atoms. The van der Waals surface area contributed by atoms with Crippen LogP contribution in [0.3, 0.4) is 0 Å². The third kappa shape index (κ3) is 2.70. The van der Waals surface area contributed by atoms with Crippen molar-refractivity contribution >= 4 is 22.4 Å². The van der Waals surface area contributed by atoms with Crippen molar-refractivity contribution in [2.75, 3.05) is 7.11 Å². The molecule has 24 heavy (non-hydrogen) atoms. The molecule has 1 fully saturated rings. The van der Waals surface area contributed by atoms with E-state index in [0.29, 0.717) is 24.2 Å². The lowest BCUT2D eigenvalue weighted by atomic mass is 9.94. The van der Waals surface area contributed by atoms with E-state index in [-0.39, 0.29) is 11.8 Å². The van der Waals surface area contributed by atoms with Crippen LogP contribution in [0.5, 0.6) is 0 Å². The summed E-state index contributed by atoms with van der Waals surface area (Å²) in [6.07, 6.45) is 7.76. The number of aromatic nitrogens is 1. The summed E-state index contributed by atoms with van der Waals surface area (Å²) in [4.78, 5) is 15.8. The number of rotatable bonds is 3. The van der Waals surface area contributed by atoms with Gasteiger partial charge in [-0.3, -0.25) is 9.78 Å². The molecule has 0 N–H and O–H groups in total. The summed E-state index contributed by atoms with van der Waals surface area (Å²) in [5.41, 5.74) is 3.22. The summed E-state index contributed by atoms with van der Waals surface area (Å²) in [5.74, 6) is 1.20. The van der Waals surface area contributed by atoms with Gasteiger partial charge in [0.05, 0.1) is 12.6 Å². The zero-order valence-corrected chi connectivity index (χ0v) is 13.7.